The van der Waals surface area contributed by atoms with Gasteiger partial charge in [0.2, 0.25) is 0 Å². The fourth-order valence-corrected chi connectivity index (χ4v) is 1.85. The van der Waals surface area contributed by atoms with Crippen molar-refractivity contribution in [2.45, 2.75) is 19.4 Å². The molecule has 0 fully saturated rings. The van der Waals surface area contributed by atoms with E-state index in [4.69, 9.17) is 9.47 Å². The first-order chi connectivity index (χ1) is 6.86. The summed E-state index contributed by atoms with van der Waals surface area (Å²) < 4.78 is 10.7. The van der Waals surface area contributed by atoms with Crippen molar-refractivity contribution in [1.82, 2.24) is 0 Å². The summed E-state index contributed by atoms with van der Waals surface area (Å²) in [7, 11) is 1.62. The van der Waals surface area contributed by atoms with Gasteiger partial charge in [-0.25, -0.2) is 0 Å². The average molecular weight is 194 g/mol. The maximum Gasteiger partial charge on any atom is 0.124 e. The van der Waals surface area contributed by atoms with E-state index in [0.29, 0.717) is 0 Å². The summed E-state index contributed by atoms with van der Waals surface area (Å²) in [6.45, 7) is 0.778. The van der Waals surface area contributed by atoms with Gasteiger partial charge in [0.25, 0.3) is 0 Å². The molecule has 0 bridgehead atoms. The van der Waals surface area contributed by atoms with Gasteiger partial charge in [0.15, 0.2) is 0 Å². The molecular weight excluding hydrogens is 180 g/mol. The molecular formula is C11H14O3. The van der Waals surface area contributed by atoms with Crippen molar-refractivity contribution in [3.05, 3.63) is 23.3 Å². The molecule has 0 aromatic heterocycles. The number of rotatable bonds is 2. The molecule has 1 heterocycles. The van der Waals surface area contributed by atoms with E-state index in [2.05, 4.69) is 0 Å². The van der Waals surface area contributed by atoms with Crippen LogP contribution in [0.3, 0.4) is 0 Å². The zero-order valence-corrected chi connectivity index (χ0v) is 8.25. The van der Waals surface area contributed by atoms with Crippen LogP contribution in [0.5, 0.6) is 11.5 Å². The van der Waals surface area contributed by atoms with Gasteiger partial charge in [-0.1, -0.05) is 0 Å². The second-order valence-electron chi connectivity index (χ2n) is 3.33. The average Bonchev–Trinajstić information content (AvgIpc) is 2.27. The normalized spacial score (nSPS) is 14.4. The third kappa shape index (κ3) is 1.44. The van der Waals surface area contributed by atoms with Crippen LogP contribution in [-0.4, -0.2) is 18.8 Å². The monoisotopic (exact) mass is 194 g/mol. The first kappa shape index (κ1) is 9.34. The zero-order chi connectivity index (χ0) is 9.97. The number of methoxy groups -OCH3 is 1. The Morgan fingerprint density at radius 1 is 1.50 bits per heavy atom. The fraction of sp³-hybridized carbons (Fsp3) is 0.455. The standard InChI is InChI=1S/C11H14O3/c1-13-10-4-5-11-8(9(10)7-12)3-2-6-14-11/h4-5,12H,2-3,6-7H2,1H3. The van der Waals surface area contributed by atoms with Crippen LogP contribution < -0.4 is 9.47 Å². The van der Waals surface area contributed by atoms with Crippen molar-refractivity contribution in [1.29, 1.82) is 0 Å². The topological polar surface area (TPSA) is 38.7 Å². The summed E-state index contributed by atoms with van der Waals surface area (Å²) >= 11 is 0. The highest BCUT2D eigenvalue weighted by Gasteiger charge is 2.17. The molecule has 0 amide bonds. The summed E-state index contributed by atoms with van der Waals surface area (Å²) in [5.74, 6) is 1.64. The van der Waals surface area contributed by atoms with Gasteiger partial charge in [0, 0.05) is 11.1 Å². The number of aliphatic hydroxyl groups excluding tert-OH is 1. The number of aliphatic hydroxyl groups is 1. The minimum Gasteiger partial charge on any atom is -0.496 e. The van der Waals surface area contributed by atoms with E-state index in [9.17, 15) is 5.11 Å². The highest BCUT2D eigenvalue weighted by Crippen LogP contribution is 2.33. The Bertz CT molecular complexity index is 319. The molecule has 0 aliphatic carbocycles. The van der Waals surface area contributed by atoms with Crippen molar-refractivity contribution >= 4 is 0 Å². The van der Waals surface area contributed by atoms with Crippen LogP contribution in [0.25, 0.3) is 0 Å². The third-order valence-electron chi connectivity index (χ3n) is 2.55. The maximum absolute atomic E-state index is 9.27. The minimum atomic E-state index is 0.00963. The summed E-state index contributed by atoms with van der Waals surface area (Å²) in [5, 5.41) is 9.27. The van der Waals surface area contributed by atoms with Crippen LogP contribution in [-0.2, 0) is 13.0 Å². The van der Waals surface area contributed by atoms with Crippen LogP contribution >= 0.6 is 0 Å². The summed E-state index contributed by atoms with van der Waals surface area (Å²) in [6, 6.07) is 3.75. The van der Waals surface area contributed by atoms with E-state index < -0.39 is 0 Å². The SMILES string of the molecule is COc1ccc2c(c1CO)CCCO2. The lowest BCUT2D eigenvalue weighted by Gasteiger charge is -2.21. The van der Waals surface area contributed by atoms with Gasteiger partial charge in [-0.05, 0) is 25.0 Å². The van der Waals surface area contributed by atoms with Gasteiger partial charge in [0.05, 0.1) is 20.3 Å². The van der Waals surface area contributed by atoms with E-state index >= 15 is 0 Å². The molecule has 1 N–H and O–H groups in total. The first-order valence-corrected chi connectivity index (χ1v) is 4.79. The lowest BCUT2D eigenvalue weighted by atomic mass is 9.99. The van der Waals surface area contributed by atoms with Crippen molar-refractivity contribution < 1.29 is 14.6 Å². The molecule has 0 atom stereocenters. The molecule has 1 aromatic carbocycles. The van der Waals surface area contributed by atoms with Crippen molar-refractivity contribution in [3.8, 4) is 11.5 Å². The molecule has 0 radical (unpaired) electrons. The lowest BCUT2D eigenvalue weighted by Crippen LogP contribution is -2.11. The Hall–Kier alpha value is -1.22. The number of fused-ring (bicyclic) bond motifs is 1. The molecule has 3 heteroatoms. The second-order valence-corrected chi connectivity index (χ2v) is 3.33. The van der Waals surface area contributed by atoms with Gasteiger partial charge in [-0.2, -0.15) is 0 Å². The molecule has 0 spiro atoms. The smallest absolute Gasteiger partial charge is 0.124 e. The van der Waals surface area contributed by atoms with E-state index in [1.165, 1.54) is 0 Å². The van der Waals surface area contributed by atoms with Gasteiger partial charge in [0.1, 0.15) is 11.5 Å². The lowest BCUT2D eigenvalue weighted by molar-refractivity contribution is 0.259. The number of hydrogen-bond donors (Lipinski definition) is 1. The van der Waals surface area contributed by atoms with Gasteiger partial charge in [-0.3, -0.25) is 0 Å². The molecule has 0 saturated carbocycles. The largest absolute Gasteiger partial charge is 0.496 e. The zero-order valence-electron chi connectivity index (χ0n) is 8.25. The molecule has 14 heavy (non-hydrogen) atoms. The van der Waals surface area contributed by atoms with Crippen LogP contribution in [0, 0.1) is 0 Å². The second kappa shape index (κ2) is 3.88. The Balaban J connectivity index is 2.50. The van der Waals surface area contributed by atoms with E-state index in [-0.39, 0.29) is 6.61 Å². The van der Waals surface area contributed by atoms with E-state index in [0.717, 1.165) is 42.1 Å². The fourth-order valence-electron chi connectivity index (χ4n) is 1.85. The van der Waals surface area contributed by atoms with E-state index in [1.807, 2.05) is 12.1 Å². The van der Waals surface area contributed by atoms with Gasteiger partial charge >= 0.3 is 0 Å². The first-order valence-electron chi connectivity index (χ1n) is 4.79. The molecule has 76 valence electrons. The maximum atomic E-state index is 9.27. The number of benzene rings is 1. The highest BCUT2D eigenvalue weighted by atomic mass is 16.5. The Morgan fingerprint density at radius 3 is 3.07 bits per heavy atom. The number of hydrogen-bond acceptors (Lipinski definition) is 3. The van der Waals surface area contributed by atoms with Crippen LogP contribution in [0.15, 0.2) is 12.1 Å². The molecule has 0 unspecified atom stereocenters. The Labute approximate surface area is 83.3 Å². The third-order valence-corrected chi connectivity index (χ3v) is 2.55. The van der Waals surface area contributed by atoms with Crippen LogP contribution in [0.4, 0.5) is 0 Å². The molecule has 1 aliphatic heterocycles. The molecule has 0 saturated heterocycles. The van der Waals surface area contributed by atoms with Gasteiger partial charge in [-0.15, -0.1) is 0 Å². The Morgan fingerprint density at radius 2 is 2.36 bits per heavy atom. The summed E-state index contributed by atoms with van der Waals surface area (Å²) in [4.78, 5) is 0. The van der Waals surface area contributed by atoms with Crippen molar-refractivity contribution in [2.24, 2.45) is 0 Å². The van der Waals surface area contributed by atoms with Crippen molar-refractivity contribution in [3.63, 3.8) is 0 Å². The highest BCUT2D eigenvalue weighted by molar-refractivity contribution is 5.49. The minimum absolute atomic E-state index is 0.00963. The predicted octanol–water partition coefficient (Wildman–Crippen LogP) is 1.51. The van der Waals surface area contributed by atoms with Crippen molar-refractivity contribution in [2.75, 3.05) is 13.7 Å². The summed E-state index contributed by atoms with van der Waals surface area (Å²) in [5.41, 5.74) is 1.96. The number of ether oxygens (including phenoxy) is 2. The molecule has 1 aliphatic rings. The molecule has 2 rings (SSSR count). The predicted molar refractivity (Wildman–Crippen MR) is 52.7 cm³/mol. The van der Waals surface area contributed by atoms with E-state index in [1.54, 1.807) is 7.11 Å². The van der Waals surface area contributed by atoms with Crippen LogP contribution in [0.1, 0.15) is 17.5 Å². The summed E-state index contributed by atoms with van der Waals surface area (Å²) in [6.07, 6.45) is 1.97. The Kier molecular flexibility index (Phi) is 2.59. The van der Waals surface area contributed by atoms with Gasteiger partial charge < -0.3 is 14.6 Å². The quantitative estimate of drug-likeness (QED) is 0.775. The molecule has 3 nitrogen and oxygen atoms in total. The molecule has 1 aromatic rings. The van der Waals surface area contributed by atoms with Crippen LogP contribution in [0.2, 0.25) is 0 Å².